The SMILES string of the molecule is Cn1cc(S(=O)(=O)N2CCC(NC(=O)C3CC4CCCCC4N3)CC2)cn1. The van der Waals surface area contributed by atoms with Crippen molar-refractivity contribution in [1.82, 2.24) is 24.7 Å². The lowest BCUT2D eigenvalue weighted by molar-refractivity contribution is -0.123. The van der Waals surface area contributed by atoms with E-state index in [1.165, 1.54) is 47.1 Å². The highest BCUT2D eigenvalue weighted by Gasteiger charge is 2.39. The lowest BCUT2D eigenvalue weighted by Crippen LogP contribution is -2.51. The highest BCUT2D eigenvalue weighted by Crippen LogP contribution is 2.33. The third-order valence-corrected chi connectivity index (χ3v) is 8.15. The zero-order valence-corrected chi connectivity index (χ0v) is 16.6. The van der Waals surface area contributed by atoms with E-state index >= 15 is 0 Å². The second-order valence-corrected chi connectivity index (χ2v) is 10.1. The molecule has 3 unspecified atom stereocenters. The number of sulfonamides is 1. The summed E-state index contributed by atoms with van der Waals surface area (Å²) in [6.45, 7) is 0.844. The molecule has 2 aliphatic heterocycles. The fourth-order valence-electron chi connectivity index (χ4n) is 4.74. The number of hydrogen-bond acceptors (Lipinski definition) is 5. The number of hydrogen-bond donors (Lipinski definition) is 2. The van der Waals surface area contributed by atoms with Crippen LogP contribution in [0.25, 0.3) is 0 Å². The van der Waals surface area contributed by atoms with Crippen LogP contribution >= 0.6 is 0 Å². The van der Waals surface area contributed by atoms with Crippen LogP contribution < -0.4 is 10.6 Å². The molecule has 8 nitrogen and oxygen atoms in total. The molecule has 2 saturated heterocycles. The summed E-state index contributed by atoms with van der Waals surface area (Å²) in [6, 6.07) is 0.457. The van der Waals surface area contributed by atoms with Crippen molar-refractivity contribution in [3.8, 4) is 0 Å². The molecule has 1 aliphatic carbocycles. The molecule has 1 aromatic rings. The Morgan fingerprint density at radius 1 is 1.22 bits per heavy atom. The average Bonchev–Trinajstić information content (AvgIpc) is 3.28. The van der Waals surface area contributed by atoms with Gasteiger partial charge in [-0.2, -0.15) is 9.40 Å². The maximum atomic E-state index is 12.7. The van der Waals surface area contributed by atoms with Gasteiger partial charge in [-0.3, -0.25) is 9.48 Å². The van der Waals surface area contributed by atoms with Crippen LogP contribution in [0.5, 0.6) is 0 Å². The Morgan fingerprint density at radius 2 is 1.96 bits per heavy atom. The minimum Gasteiger partial charge on any atom is -0.352 e. The van der Waals surface area contributed by atoms with Crippen LogP contribution in [0.1, 0.15) is 44.9 Å². The number of aryl methyl sites for hydroxylation is 1. The van der Waals surface area contributed by atoms with Crippen LogP contribution in [0.2, 0.25) is 0 Å². The first-order valence-corrected chi connectivity index (χ1v) is 11.4. The normalized spacial score (nSPS) is 30.2. The summed E-state index contributed by atoms with van der Waals surface area (Å²) < 4.78 is 28.3. The molecule has 3 aliphatic rings. The maximum Gasteiger partial charge on any atom is 0.246 e. The molecule has 27 heavy (non-hydrogen) atoms. The van der Waals surface area contributed by atoms with Gasteiger partial charge >= 0.3 is 0 Å². The van der Waals surface area contributed by atoms with E-state index in [0.29, 0.717) is 37.9 Å². The minimum atomic E-state index is -3.50. The number of carbonyl (C=O) groups is 1. The van der Waals surface area contributed by atoms with Crippen molar-refractivity contribution in [2.24, 2.45) is 13.0 Å². The van der Waals surface area contributed by atoms with Crippen LogP contribution in [0.3, 0.4) is 0 Å². The Kier molecular flexibility index (Phi) is 5.26. The number of carbonyl (C=O) groups excluding carboxylic acids is 1. The number of amides is 1. The van der Waals surface area contributed by atoms with Gasteiger partial charge in [0.15, 0.2) is 0 Å². The van der Waals surface area contributed by atoms with Crippen LogP contribution in [0, 0.1) is 5.92 Å². The summed E-state index contributed by atoms with van der Waals surface area (Å²) >= 11 is 0. The van der Waals surface area contributed by atoms with E-state index in [2.05, 4.69) is 15.7 Å². The molecule has 3 fully saturated rings. The molecule has 0 bridgehead atoms. The monoisotopic (exact) mass is 395 g/mol. The summed E-state index contributed by atoms with van der Waals surface area (Å²) in [5, 5.41) is 10.6. The van der Waals surface area contributed by atoms with Crippen molar-refractivity contribution in [2.75, 3.05) is 13.1 Å². The summed E-state index contributed by atoms with van der Waals surface area (Å²) in [6.07, 6.45) is 10.1. The van der Waals surface area contributed by atoms with Crippen molar-refractivity contribution in [3.05, 3.63) is 12.4 Å². The lowest BCUT2D eigenvalue weighted by Gasteiger charge is -2.31. The standard InChI is InChI=1S/C18H29N5O3S/c1-22-12-15(11-19-22)27(25,26)23-8-6-14(7-9-23)20-18(24)17-10-13-4-2-3-5-16(13)21-17/h11-14,16-17,21H,2-10H2,1H3,(H,20,24). The number of rotatable bonds is 4. The van der Waals surface area contributed by atoms with Gasteiger partial charge in [-0.05, 0) is 38.0 Å². The number of nitrogens with zero attached hydrogens (tertiary/aromatic N) is 3. The molecule has 1 aromatic heterocycles. The fraction of sp³-hybridized carbons (Fsp3) is 0.778. The highest BCUT2D eigenvalue weighted by atomic mass is 32.2. The Bertz CT molecular complexity index is 771. The Hall–Kier alpha value is -1.45. The van der Waals surface area contributed by atoms with Gasteiger partial charge in [-0.15, -0.1) is 0 Å². The molecule has 3 heterocycles. The zero-order valence-electron chi connectivity index (χ0n) is 15.8. The molecule has 1 saturated carbocycles. The smallest absolute Gasteiger partial charge is 0.246 e. The van der Waals surface area contributed by atoms with Gasteiger partial charge in [0.05, 0.1) is 12.2 Å². The maximum absolute atomic E-state index is 12.7. The molecule has 1 amide bonds. The summed E-state index contributed by atoms with van der Waals surface area (Å²) in [4.78, 5) is 12.9. The van der Waals surface area contributed by atoms with Gasteiger partial charge in [-0.25, -0.2) is 8.42 Å². The van der Waals surface area contributed by atoms with Crippen molar-refractivity contribution < 1.29 is 13.2 Å². The van der Waals surface area contributed by atoms with Gasteiger partial charge in [0.2, 0.25) is 15.9 Å². The van der Waals surface area contributed by atoms with Crippen LogP contribution in [-0.4, -0.2) is 59.6 Å². The Morgan fingerprint density at radius 3 is 2.63 bits per heavy atom. The van der Waals surface area contributed by atoms with Gasteiger partial charge in [0.25, 0.3) is 0 Å². The number of piperidine rings is 1. The molecule has 0 radical (unpaired) electrons. The predicted molar refractivity (Wildman–Crippen MR) is 100 cm³/mol. The van der Waals surface area contributed by atoms with Gasteiger partial charge in [0.1, 0.15) is 4.90 Å². The summed E-state index contributed by atoms with van der Waals surface area (Å²) in [7, 11) is -1.80. The molecule has 0 spiro atoms. The highest BCUT2D eigenvalue weighted by molar-refractivity contribution is 7.89. The van der Waals surface area contributed by atoms with Gasteiger partial charge in [0, 0.05) is 38.4 Å². The van der Waals surface area contributed by atoms with E-state index in [9.17, 15) is 13.2 Å². The number of nitrogens with one attached hydrogen (secondary N) is 2. The topological polar surface area (TPSA) is 96.3 Å². The molecule has 9 heteroatoms. The van der Waals surface area contributed by atoms with E-state index in [1.54, 1.807) is 7.05 Å². The number of fused-ring (bicyclic) bond motifs is 1. The first kappa shape index (κ1) is 18.9. The lowest BCUT2D eigenvalue weighted by atomic mass is 9.85. The molecular formula is C18H29N5O3S. The van der Waals surface area contributed by atoms with E-state index < -0.39 is 10.0 Å². The van der Waals surface area contributed by atoms with Crippen molar-refractivity contribution in [3.63, 3.8) is 0 Å². The van der Waals surface area contributed by atoms with Crippen LogP contribution in [0.4, 0.5) is 0 Å². The van der Waals surface area contributed by atoms with Crippen molar-refractivity contribution >= 4 is 15.9 Å². The molecule has 3 atom stereocenters. The summed E-state index contributed by atoms with van der Waals surface area (Å²) in [5.74, 6) is 0.721. The first-order valence-electron chi connectivity index (χ1n) is 9.99. The fourth-order valence-corrected chi connectivity index (χ4v) is 6.20. The largest absolute Gasteiger partial charge is 0.352 e. The Balaban J connectivity index is 1.29. The molecule has 2 N–H and O–H groups in total. The van der Waals surface area contributed by atoms with Crippen LogP contribution in [-0.2, 0) is 21.9 Å². The van der Waals surface area contributed by atoms with E-state index in [0.717, 1.165) is 6.42 Å². The average molecular weight is 396 g/mol. The van der Waals surface area contributed by atoms with E-state index in [1.807, 2.05) is 0 Å². The second-order valence-electron chi connectivity index (χ2n) is 8.14. The third-order valence-electron chi connectivity index (χ3n) is 6.30. The second kappa shape index (κ2) is 7.52. The number of aromatic nitrogens is 2. The van der Waals surface area contributed by atoms with Gasteiger partial charge in [-0.1, -0.05) is 12.8 Å². The molecule has 0 aromatic carbocycles. The van der Waals surface area contributed by atoms with E-state index in [4.69, 9.17) is 0 Å². The molecule has 4 rings (SSSR count). The predicted octanol–water partition coefficient (Wildman–Crippen LogP) is 0.610. The first-order chi connectivity index (χ1) is 12.9. The van der Waals surface area contributed by atoms with Crippen molar-refractivity contribution in [1.29, 1.82) is 0 Å². The summed E-state index contributed by atoms with van der Waals surface area (Å²) in [5.41, 5.74) is 0. The Labute approximate surface area is 160 Å². The van der Waals surface area contributed by atoms with Gasteiger partial charge < -0.3 is 10.6 Å². The third kappa shape index (κ3) is 3.90. The quantitative estimate of drug-likeness (QED) is 0.779. The zero-order chi connectivity index (χ0) is 19.0. The van der Waals surface area contributed by atoms with E-state index in [-0.39, 0.29) is 22.9 Å². The van der Waals surface area contributed by atoms with Crippen LogP contribution in [0.15, 0.2) is 17.3 Å². The molecule has 150 valence electrons. The van der Waals surface area contributed by atoms with Crippen molar-refractivity contribution in [2.45, 2.75) is 68.0 Å². The minimum absolute atomic E-state index is 0.0438. The molecular weight excluding hydrogens is 366 g/mol.